The van der Waals surface area contributed by atoms with Crippen LogP contribution in [0.3, 0.4) is 0 Å². The van der Waals surface area contributed by atoms with Crippen LogP contribution in [-0.2, 0) is 16.6 Å². The lowest BCUT2D eigenvalue weighted by atomic mass is 10.0. The highest BCUT2D eigenvalue weighted by atomic mass is 32.2. The topological polar surface area (TPSA) is 82.2 Å². The highest BCUT2D eigenvalue weighted by molar-refractivity contribution is 7.89. The molecule has 0 atom stereocenters. The van der Waals surface area contributed by atoms with Gasteiger partial charge in [-0.15, -0.1) is 0 Å². The molecule has 1 aromatic heterocycles. The number of sulfonamides is 1. The third-order valence-electron chi connectivity index (χ3n) is 3.19. The van der Waals surface area contributed by atoms with Gasteiger partial charge in [-0.25, -0.2) is 13.1 Å². The minimum absolute atomic E-state index is 0.176. The average Bonchev–Trinajstić information content (AvgIpc) is 2.95. The summed E-state index contributed by atoms with van der Waals surface area (Å²) in [6.45, 7) is 3.62. The van der Waals surface area contributed by atoms with Crippen molar-refractivity contribution in [1.82, 2.24) is 9.71 Å². The predicted molar refractivity (Wildman–Crippen MR) is 63.8 cm³/mol. The van der Waals surface area contributed by atoms with E-state index in [9.17, 15) is 8.42 Å². The van der Waals surface area contributed by atoms with Crippen molar-refractivity contribution in [3.8, 4) is 0 Å². The van der Waals surface area contributed by atoms with Crippen LogP contribution in [0.1, 0.15) is 32.4 Å². The van der Waals surface area contributed by atoms with Gasteiger partial charge in [-0.3, -0.25) is 0 Å². The van der Waals surface area contributed by atoms with Crippen molar-refractivity contribution in [2.24, 2.45) is 5.92 Å². The van der Waals surface area contributed by atoms with Crippen LogP contribution in [0.2, 0.25) is 0 Å². The Balaban J connectivity index is 2.18. The minimum atomic E-state index is -3.50. The molecule has 0 amide bonds. The summed E-state index contributed by atoms with van der Waals surface area (Å²) in [7, 11) is -3.50. The summed E-state index contributed by atoms with van der Waals surface area (Å²) < 4.78 is 26.9. The highest BCUT2D eigenvalue weighted by Crippen LogP contribution is 2.39. The maximum absolute atomic E-state index is 12.1. The van der Waals surface area contributed by atoms with Gasteiger partial charge in [0.15, 0.2) is 0 Å². The maximum Gasteiger partial charge on any atom is 0.242 e. The zero-order valence-corrected chi connectivity index (χ0v) is 10.8. The van der Waals surface area contributed by atoms with Gasteiger partial charge in [0, 0.05) is 17.4 Å². The number of nitrogens with one attached hydrogen (secondary N) is 2. The number of aliphatic hydroxyl groups is 1. The van der Waals surface area contributed by atoms with Crippen LogP contribution in [0.15, 0.2) is 17.2 Å². The Morgan fingerprint density at radius 2 is 2.18 bits per heavy atom. The molecule has 17 heavy (non-hydrogen) atoms. The van der Waals surface area contributed by atoms with Crippen molar-refractivity contribution in [1.29, 1.82) is 0 Å². The number of aromatic amines is 1. The van der Waals surface area contributed by atoms with Crippen molar-refractivity contribution in [3.05, 3.63) is 18.0 Å². The fraction of sp³-hybridized carbons (Fsp3) is 0.636. The summed E-state index contributed by atoms with van der Waals surface area (Å²) in [4.78, 5) is 2.90. The van der Waals surface area contributed by atoms with Gasteiger partial charge in [0.2, 0.25) is 10.0 Å². The summed E-state index contributed by atoms with van der Waals surface area (Å²) in [5.74, 6) is 0.425. The fourth-order valence-corrected chi connectivity index (χ4v) is 3.45. The van der Waals surface area contributed by atoms with E-state index in [4.69, 9.17) is 5.11 Å². The molecule has 96 valence electrons. The van der Waals surface area contributed by atoms with Crippen LogP contribution in [0.4, 0.5) is 0 Å². The molecule has 0 saturated heterocycles. The quantitative estimate of drug-likeness (QED) is 0.736. The molecule has 0 bridgehead atoms. The van der Waals surface area contributed by atoms with E-state index in [1.807, 2.05) is 13.8 Å². The van der Waals surface area contributed by atoms with Crippen LogP contribution in [0, 0.1) is 5.92 Å². The molecule has 0 spiro atoms. The van der Waals surface area contributed by atoms with Crippen molar-refractivity contribution in [3.63, 3.8) is 0 Å². The molecule has 6 heteroatoms. The summed E-state index contributed by atoms with van der Waals surface area (Å²) >= 11 is 0. The van der Waals surface area contributed by atoms with E-state index in [0.29, 0.717) is 11.6 Å². The largest absolute Gasteiger partial charge is 0.390 e. The van der Waals surface area contributed by atoms with Gasteiger partial charge in [-0.1, -0.05) is 0 Å². The van der Waals surface area contributed by atoms with Crippen LogP contribution in [-0.4, -0.2) is 24.0 Å². The molecule has 3 N–H and O–H groups in total. The standard InChI is InChI=1S/C11H18N2O3S/c1-11(2,8-3-4-8)13-17(15,16)10-5-9(7-14)12-6-10/h5-6,8,12-14H,3-4,7H2,1-2H3. The van der Waals surface area contributed by atoms with Crippen LogP contribution >= 0.6 is 0 Å². The molecule has 2 rings (SSSR count). The molecule has 1 aliphatic carbocycles. The molecule has 1 heterocycles. The molecule has 5 nitrogen and oxygen atoms in total. The number of rotatable bonds is 5. The van der Waals surface area contributed by atoms with Gasteiger partial charge in [0.1, 0.15) is 0 Å². The molecule has 1 aliphatic rings. The third kappa shape index (κ3) is 2.70. The fourth-order valence-electron chi connectivity index (χ4n) is 1.96. The first-order valence-corrected chi connectivity index (χ1v) is 7.15. The lowest BCUT2D eigenvalue weighted by Crippen LogP contribution is -2.44. The lowest BCUT2D eigenvalue weighted by molar-refractivity contribution is 0.277. The third-order valence-corrected chi connectivity index (χ3v) is 4.84. The van der Waals surface area contributed by atoms with Crippen molar-refractivity contribution < 1.29 is 13.5 Å². The highest BCUT2D eigenvalue weighted by Gasteiger charge is 2.40. The van der Waals surface area contributed by atoms with E-state index in [2.05, 4.69) is 9.71 Å². The zero-order chi connectivity index (χ0) is 12.7. The molecule has 0 unspecified atom stereocenters. The monoisotopic (exact) mass is 258 g/mol. The number of hydrogen-bond donors (Lipinski definition) is 3. The molecule has 1 fully saturated rings. The summed E-state index contributed by atoms with van der Waals surface area (Å²) in [6, 6.07) is 1.45. The number of H-pyrrole nitrogens is 1. The second-order valence-corrected chi connectivity index (χ2v) is 6.80. The van der Waals surface area contributed by atoms with Crippen LogP contribution in [0.25, 0.3) is 0 Å². The molecule has 0 radical (unpaired) electrons. The first-order chi connectivity index (χ1) is 7.85. The Bertz CT molecular complexity index is 501. The second kappa shape index (κ2) is 4.12. The van der Waals surface area contributed by atoms with Crippen molar-refractivity contribution in [2.45, 2.75) is 43.7 Å². The maximum atomic E-state index is 12.1. The molecular formula is C11H18N2O3S. The van der Waals surface area contributed by atoms with Crippen LogP contribution < -0.4 is 4.72 Å². The van der Waals surface area contributed by atoms with Crippen molar-refractivity contribution in [2.75, 3.05) is 0 Å². The average molecular weight is 258 g/mol. The van der Waals surface area contributed by atoms with Gasteiger partial charge in [0.25, 0.3) is 0 Å². The van der Waals surface area contributed by atoms with E-state index in [-0.39, 0.29) is 11.5 Å². The molecule has 1 aromatic rings. The predicted octanol–water partition coefficient (Wildman–Crippen LogP) is 0.974. The first-order valence-electron chi connectivity index (χ1n) is 5.67. The van der Waals surface area contributed by atoms with E-state index < -0.39 is 15.6 Å². The number of aliphatic hydroxyl groups excluding tert-OH is 1. The zero-order valence-electron chi connectivity index (χ0n) is 10.0. The van der Waals surface area contributed by atoms with E-state index >= 15 is 0 Å². The Kier molecular flexibility index (Phi) is 3.05. The second-order valence-electron chi connectivity index (χ2n) is 5.12. The number of aromatic nitrogens is 1. The van der Waals surface area contributed by atoms with Gasteiger partial charge in [-0.05, 0) is 38.7 Å². The molecule has 1 saturated carbocycles. The Labute approximate surface area is 101 Å². The Morgan fingerprint density at radius 3 is 2.65 bits per heavy atom. The summed E-state index contributed by atoms with van der Waals surface area (Å²) in [5.41, 5.74) is 0.0877. The molecule has 0 aliphatic heterocycles. The normalized spacial score (nSPS) is 17.4. The van der Waals surface area contributed by atoms with E-state index in [1.165, 1.54) is 12.3 Å². The first kappa shape index (κ1) is 12.6. The van der Waals surface area contributed by atoms with E-state index in [1.54, 1.807) is 0 Å². The Morgan fingerprint density at radius 1 is 1.53 bits per heavy atom. The van der Waals surface area contributed by atoms with Gasteiger partial charge < -0.3 is 10.1 Å². The SMILES string of the molecule is CC(C)(NS(=O)(=O)c1c[nH]c(CO)c1)C1CC1. The summed E-state index contributed by atoms with van der Waals surface area (Å²) in [6.07, 6.45) is 3.55. The lowest BCUT2D eigenvalue weighted by Gasteiger charge is -2.25. The molecule has 0 aromatic carbocycles. The molecular weight excluding hydrogens is 240 g/mol. The van der Waals surface area contributed by atoms with Gasteiger partial charge >= 0.3 is 0 Å². The Hall–Kier alpha value is -0.850. The van der Waals surface area contributed by atoms with E-state index in [0.717, 1.165) is 12.8 Å². The van der Waals surface area contributed by atoms with Gasteiger partial charge in [-0.2, -0.15) is 0 Å². The minimum Gasteiger partial charge on any atom is -0.390 e. The van der Waals surface area contributed by atoms with Crippen molar-refractivity contribution >= 4 is 10.0 Å². The summed E-state index contributed by atoms with van der Waals surface area (Å²) in [5, 5.41) is 8.90. The van der Waals surface area contributed by atoms with Crippen LogP contribution in [0.5, 0.6) is 0 Å². The number of hydrogen-bond acceptors (Lipinski definition) is 3. The van der Waals surface area contributed by atoms with Gasteiger partial charge in [0.05, 0.1) is 11.5 Å². The smallest absolute Gasteiger partial charge is 0.242 e.